The molecule has 2 aliphatic rings. The molecule has 1 aliphatic heterocycles. The van der Waals surface area contributed by atoms with E-state index in [0.29, 0.717) is 17.5 Å². The number of piperazine rings is 1. The molecule has 1 aromatic rings. The summed E-state index contributed by atoms with van der Waals surface area (Å²) in [5.41, 5.74) is 1.66. The Kier molecular flexibility index (Phi) is 3.76. The topological polar surface area (TPSA) is 33.1 Å². The van der Waals surface area contributed by atoms with Crippen LogP contribution in [-0.2, 0) is 6.54 Å². The Bertz CT molecular complexity index is 445. The maximum Gasteiger partial charge on any atom is 0.0756 e. The summed E-state index contributed by atoms with van der Waals surface area (Å²) >= 11 is 0. The van der Waals surface area contributed by atoms with E-state index in [9.17, 15) is 0 Å². The number of hydrogen-bond acceptors (Lipinski definition) is 3. The van der Waals surface area contributed by atoms with E-state index in [0.717, 1.165) is 19.6 Å². The first kappa shape index (κ1) is 13.9. The first-order valence-electron chi connectivity index (χ1n) is 8.18. The zero-order valence-corrected chi connectivity index (χ0v) is 13.1. The van der Waals surface area contributed by atoms with E-state index in [4.69, 9.17) is 0 Å². The van der Waals surface area contributed by atoms with Gasteiger partial charge in [0.1, 0.15) is 0 Å². The zero-order chi connectivity index (χ0) is 14.2. The molecule has 3 rings (SSSR count). The molecule has 112 valence electrons. The van der Waals surface area contributed by atoms with E-state index >= 15 is 0 Å². The summed E-state index contributed by atoms with van der Waals surface area (Å²) in [4.78, 5) is 2.62. The maximum atomic E-state index is 4.47. The third kappa shape index (κ3) is 2.46. The number of aryl methyl sites for hydroxylation is 1. The Hall–Kier alpha value is -1.03. The highest BCUT2D eigenvalue weighted by molar-refractivity contribution is 5.46. The fraction of sp³-hybridized carbons (Fsp3) is 0.812. The van der Waals surface area contributed by atoms with Gasteiger partial charge in [0.25, 0.3) is 0 Å². The Labute approximate surface area is 122 Å². The van der Waals surface area contributed by atoms with E-state index in [-0.39, 0.29) is 0 Å². The van der Waals surface area contributed by atoms with Gasteiger partial charge in [-0.05, 0) is 25.7 Å². The van der Waals surface area contributed by atoms with Crippen molar-refractivity contribution >= 4 is 5.69 Å². The summed E-state index contributed by atoms with van der Waals surface area (Å²) in [6, 6.07) is 0.579. The van der Waals surface area contributed by atoms with Crippen LogP contribution in [0.5, 0.6) is 0 Å². The number of nitrogens with one attached hydrogen (secondary N) is 1. The Morgan fingerprint density at radius 3 is 2.75 bits per heavy atom. The fourth-order valence-corrected chi connectivity index (χ4v) is 3.87. The minimum absolute atomic E-state index is 0.361. The van der Waals surface area contributed by atoms with Gasteiger partial charge in [-0.15, -0.1) is 0 Å². The molecule has 1 N–H and O–H groups in total. The number of anilines is 1. The number of hydrogen-bond donors (Lipinski definition) is 1. The van der Waals surface area contributed by atoms with Gasteiger partial charge >= 0.3 is 0 Å². The van der Waals surface area contributed by atoms with Crippen molar-refractivity contribution in [1.29, 1.82) is 0 Å². The second-order valence-corrected chi connectivity index (χ2v) is 6.86. The maximum absolute atomic E-state index is 4.47. The highest BCUT2D eigenvalue weighted by Crippen LogP contribution is 2.36. The molecule has 0 bridgehead atoms. The molecule has 0 amide bonds. The van der Waals surface area contributed by atoms with E-state index in [1.165, 1.54) is 31.4 Å². The molecule has 1 aromatic heterocycles. The molecule has 2 fully saturated rings. The molecule has 1 saturated carbocycles. The predicted molar refractivity (Wildman–Crippen MR) is 83.1 cm³/mol. The van der Waals surface area contributed by atoms with Gasteiger partial charge in [-0.1, -0.05) is 26.7 Å². The first-order valence-corrected chi connectivity index (χ1v) is 8.18. The molecular formula is C16H28N4. The largest absolute Gasteiger partial charge is 0.363 e. The van der Waals surface area contributed by atoms with Crippen LogP contribution in [0.3, 0.4) is 0 Å². The molecule has 1 atom stereocenters. The van der Waals surface area contributed by atoms with E-state index in [1.54, 1.807) is 0 Å². The molecule has 1 aliphatic carbocycles. The van der Waals surface area contributed by atoms with Gasteiger partial charge in [0.2, 0.25) is 0 Å². The van der Waals surface area contributed by atoms with Gasteiger partial charge in [0, 0.05) is 37.4 Å². The standard InChI is InChI=1S/C16H28N4/c1-4-19-11-14(9-18-19)20-12-16(7-5-6-8-16)17-10-15(20)13(2)3/h9,11,13,15,17H,4-8,10,12H2,1-3H3. The highest BCUT2D eigenvalue weighted by atomic mass is 15.3. The second kappa shape index (κ2) is 5.40. The Morgan fingerprint density at radius 1 is 1.40 bits per heavy atom. The van der Waals surface area contributed by atoms with Gasteiger partial charge in [-0.2, -0.15) is 5.10 Å². The van der Waals surface area contributed by atoms with Crippen LogP contribution in [0.1, 0.15) is 46.5 Å². The van der Waals surface area contributed by atoms with Crippen molar-refractivity contribution in [3.05, 3.63) is 12.4 Å². The highest BCUT2D eigenvalue weighted by Gasteiger charge is 2.42. The summed E-state index contributed by atoms with van der Waals surface area (Å²) in [6.07, 6.45) is 9.67. The number of aromatic nitrogens is 2. The van der Waals surface area contributed by atoms with Crippen LogP contribution in [0, 0.1) is 5.92 Å². The first-order chi connectivity index (χ1) is 9.63. The van der Waals surface area contributed by atoms with Crippen molar-refractivity contribution in [3.8, 4) is 0 Å². The Morgan fingerprint density at radius 2 is 2.15 bits per heavy atom. The lowest BCUT2D eigenvalue weighted by Crippen LogP contribution is -2.64. The van der Waals surface area contributed by atoms with Crippen LogP contribution in [0.2, 0.25) is 0 Å². The van der Waals surface area contributed by atoms with Crippen LogP contribution < -0.4 is 10.2 Å². The summed E-state index contributed by atoms with van der Waals surface area (Å²) in [5, 5.41) is 8.35. The molecule has 1 saturated heterocycles. The normalized spacial score (nSPS) is 25.8. The van der Waals surface area contributed by atoms with Gasteiger partial charge < -0.3 is 10.2 Å². The minimum Gasteiger partial charge on any atom is -0.363 e. The Balaban J connectivity index is 1.85. The molecule has 0 radical (unpaired) electrons. The second-order valence-electron chi connectivity index (χ2n) is 6.86. The van der Waals surface area contributed by atoms with E-state index < -0.39 is 0 Å². The van der Waals surface area contributed by atoms with Gasteiger partial charge in [0.05, 0.1) is 11.9 Å². The smallest absolute Gasteiger partial charge is 0.0756 e. The lowest BCUT2D eigenvalue weighted by Gasteiger charge is -2.48. The predicted octanol–water partition coefficient (Wildman–Crippen LogP) is 2.65. The lowest BCUT2D eigenvalue weighted by atomic mass is 9.89. The molecule has 4 heteroatoms. The van der Waals surface area contributed by atoms with Gasteiger partial charge in [-0.3, -0.25) is 4.68 Å². The monoisotopic (exact) mass is 276 g/mol. The SMILES string of the molecule is CCn1cc(N2CC3(CCCC3)NCC2C(C)C)cn1. The molecule has 2 heterocycles. The van der Waals surface area contributed by atoms with E-state index in [1.807, 2.05) is 10.9 Å². The molecule has 0 aromatic carbocycles. The van der Waals surface area contributed by atoms with Crippen molar-refractivity contribution in [2.24, 2.45) is 5.92 Å². The zero-order valence-electron chi connectivity index (χ0n) is 13.1. The minimum atomic E-state index is 0.361. The third-order valence-corrected chi connectivity index (χ3v) is 5.17. The summed E-state index contributed by atoms with van der Waals surface area (Å²) in [7, 11) is 0. The van der Waals surface area contributed by atoms with Crippen molar-refractivity contribution < 1.29 is 0 Å². The summed E-state index contributed by atoms with van der Waals surface area (Å²) in [6.45, 7) is 10.0. The fourth-order valence-electron chi connectivity index (χ4n) is 3.87. The van der Waals surface area contributed by atoms with Crippen LogP contribution >= 0.6 is 0 Å². The van der Waals surface area contributed by atoms with Crippen molar-refractivity contribution in [2.75, 3.05) is 18.0 Å². The lowest BCUT2D eigenvalue weighted by molar-refractivity contribution is 0.245. The van der Waals surface area contributed by atoms with Crippen LogP contribution in [-0.4, -0.2) is 34.5 Å². The number of nitrogens with zero attached hydrogens (tertiary/aromatic N) is 3. The van der Waals surface area contributed by atoms with Crippen molar-refractivity contribution in [1.82, 2.24) is 15.1 Å². The van der Waals surface area contributed by atoms with Crippen LogP contribution in [0.15, 0.2) is 12.4 Å². The van der Waals surface area contributed by atoms with Crippen molar-refractivity contribution in [3.63, 3.8) is 0 Å². The van der Waals surface area contributed by atoms with Crippen LogP contribution in [0.25, 0.3) is 0 Å². The average molecular weight is 276 g/mol. The molecule has 4 nitrogen and oxygen atoms in total. The van der Waals surface area contributed by atoms with Gasteiger partial charge in [-0.25, -0.2) is 0 Å². The average Bonchev–Trinajstić information content (AvgIpc) is 3.08. The quantitative estimate of drug-likeness (QED) is 0.921. The van der Waals surface area contributed by atoms with Gasteiger partial charge in [0.15, 0.2) is 0 Å². The summed E-state index contributed by atoms with van der Waals surface area (Å²) < 4.78 is 2.04. The summed E-state index contributed by atoms with van der Waals surface area (Å²) in [5.74, 6) is 0.659. The van der Waals surface area contributed by atoms with E-state index in [2.05, 4.69) is 42.3 Å². The molecule has 1 unspecified atom stereocenters. The molecular weight excluding hydrogens is 248 g/mol. The molecule has 20 heavy (non-hydrogen) atoms. The van der Waals surface area contributed by atoms with Crippen molar-refractivity contribution in [2.45, 2.75) is 64.6 Å². The number of rotatable bonds is 3. The third-order valence-electron chi connectivity index (χ3n) is 5.17. The molecule has 1 spiro atoms. The van der Waals surface area contributed by atoms with Crippen LogP contribution in [0.4, 0.5) is 5.69 Å².